The Morgan fingerprint density at radius 1 is 0.328 bits per heavy atom. The van der Waals surface area contributed by atoms with Gasteiger partial charge in [0.1, 0.15) is 80.4 Å². The largest absolute Gasteiger partial charge is 0.465 e. The van der Waals surface area contributed by atoms with Gasteiger partial charge in [0.25, 0.3) is 0 Å². The molecule has 0 spiro atoms. The molecule has 134 heavy (non-hydrogen) atoms. The van der Waals surface area contributed by atoms with Gasteiger partial charge in [-0.2, -0.15) is 0 Å². The van der Waals surface area contributed by atoms with E-state index in [-0.39, 0.29) is 70.0 Å². The zero-order valence-electron chi connectivity index (χ0n) is 76.9. The fourth-order valence-corrected chi connectivity index (χ4v) is 21.4. The summed E-state index contributed by atoms with van der Waals surface area (Å²) in [6, 6.07) is 40.7. The van der Waals surface area contributed by atoms with Crippen LogP contribution in [0.15, 0.2) is 170 Å². The van der Waals surface area contributed by atoms with Gasteiger partial charge in [-0.05, 0) is 357 Å². The average Bonchev–Trinajstić information content (AvgIpc) is 1.72. The van der Waals surface area contributed by atoms with Crippen molar-refractivity contribution in [3.05, 3.63) is 284 Å². The summed E-state index contributed by atoms with van der Waals surface area (Å²) >= 11 is 0. The van der Waals surface area contributed by atoms with Gasteiger partial charge in [-0.1, -0.05) is 27.7 Å². The van der Waals surface area contributed by atoms with Crippen LogP contribution in [-0.2, 0) is 18.9 Å². The van der Waals surface area contributed by atoms with E-state index in [2.05, 4.69) is 89.7 Å². The number of imidazole rings is 4. The minimum atomic E-state index is -0.731. The number of pyridine rings is 4. The van der Waals surface area contributed by atoms with Gasteiger partial charge in [-0.15, -0.1) is 0 Å². The van der Waals surface area contributed by atoms with E-state index in [0.29, 0.717) is 93.8 Å². The molecule has 0 unspecified atom stereocenters. The SMILES string of the molecule is CCOC(=O)c1cc2nc([C@@H](C)C3CCC(c4ccnc5ccc(F)cc45)CC3)[nH]c2cc1C.CCOC(=O)c1cc2nc([C@H](C)C3CCC(c4ccnc5ccc(F)cc45)CC3)[nH]c2cc1C.COC(=O)c1c(F)ccc2[nH]c([C@@H](C)C3CCC(c4ccnc5ccc(F)cc45)CC3)nc12.COC(=O)c1c(F)ccc2[nH]c([C@H](C)C3CCC(c4ccnc5ccc(F)cc45)CC3)nc12. The van der Waals surface area contributed by atoms with Crippen LogP contribution < -0.4 is 0 Å². The molecule has 0 saturated heterocycles. The van der Waals surface area contributed by atoms with Crippen molar-refractivity contribution in [1.82, 2.24) is 59.8 Å². The van der Waals surface area contributed by atoms with Crippen molar-refractivity contribution in [3.8, 4) is 0 Å². The zero-order valence-corrected chi connectivity index (χ0v) is 76.9. The third kappa shape index (κ3) is 19.5. The fourth-order valence-electron chi connectivity index (χ4n) is 21.4. The van der Waals surface area contributed by atoms with E-state index in [9.17, 15) is 45.5 Å². The van der Waals surface area contributed by atoms with Crippen LogP contribution >= 0.6 is 0 Å². The first kappa shape index (κ1) is 92.6. The lowest BCUT2D eigenvalue weighted by molar-refractivity contribution is 0.0516. The van der Waals surface area contributed by atoms with Crippen molar-refractivity contribution in [1.29, 1.82) is 0 Å². The predicted molar refractivity (Wildman–Crippen MR) is 508 cm³/mol. The number of carbonyl (C=O) groups is 4. The number of hydrogen-bond acceptors (Lipinski definition) is 16. The molecule has 4 atom stereocenters. The fraction of sp³-hybridized carbons (Fsp3) is 0.370. The van der Waals surface area contributed by atoms with Crippen LogP contribution in [0, 0.1) is 72.4 Å². The number of hydrogen-bond donors (Lipinski definition) is 4. The molecular weight excluding hydrogens is 1710 g/mol. The number of nitrogens with one attached hydrogen (secondary N) is 4. The van der Waals surface area contributed by atoms with Crippen LogP contribution in [0.2, 0.25) is 0 Å². The minimum Gasteiger partial charge on any atom is -0.465 e. The van der Waals surface area contributed by atoms with Gasteiger partial charge in [-0.3, -0.25) is 19.9 Å². The molecule has 8 heterocycles. The number of rotatable bonds is 18. The van der Waals surface area contributed by atoms with Gasteiger partial charge in [0.2, 0.25) is 0 Å². The lowest BCUT2D eigenvalue weighted by Gasteiger charge is -2.32. The standard InChI is InChI=1S/2C28H30FN3O2.2C26H25F2N3O2/c2*1-4-34-28(33)22-15-26-25(13-16(22)2)31-27(32-26)17(3)18-5-7-19(8-6-18)21-11-12-30-24-10-9-20(29)14-23(21)24;2*1-14(25-30-22-10-8-20(28)23(24(22)31-25)26(32)33-2)15-3-5-16(6-4-15)18-11-12-29-21-9-7-17(27)13-19(18)21/h2*9-15,17-19H,4-8H2,1-3H3,(H,31,32);2*7-16H,3-6H2,1-2H3,(H,30,31)/t2*17-,18?,19?;2*14-,15?,16?/m1010/s1. The monoisotopic (exact) mass is 1820 g/mol. The smallest absolute Gasteiger partial charge is 0.343 e. The van der Waals surface area contributed by atoms with Crippen molar-refractivity contribution in [2.24, 2.45) is 23.7 Å². The molecule has 0 radical (unpaired) electrons. The number of carbonyl (C=O) groups excluding carboxylic acids is 4. The molecule has 0 bridgehead atoms. The molecule has 20 nitrogen and oxygen atoms in total. The molecule has 16 aromatic rings. The normalized spacial score (nSPS) is 19.5. The molecule has 0 aliphatic heterocycles. The average molecular weight is 1820 g/mol. The highest BCUT2D eigenvalue weighted by molar-refractivity contribution is 6.03. The minimum absolute atomic E-state index is 0.124. The molecule has 692 valence electrons. The molecule has 4 saturated carbocycles. The number of aromatic nitrogens is 12. The Morgan fingerprint density at radius 3 is 0.866 bits per heavy atom. The van der Waals surface area contributed by atoms with Gasteiger partial charge in [-0.25, -0.2) is 65.5 Å². The van der Waals surface area contributed by atoms with Gasteiger partial charge in [0, 0.05) is 70.0 Å². The Bertz CT molecular complexity index is 6640. The Balaban J connectivity index is 0.000000124. The number of ether oxygens (including phenoxy) is 4. The van der Waals surface area contributed by atoms with Crippen molar-refractivity contribution in [2.45, 2.75) is 205 Å². The van der Waals surface area contributed by atoms with E-state index in [0.717, 1.165) is 214 Å². The van der Waals surface area contributed by atoms with Crippen LogP contribution in [0.1, 0.15) is 290 Å². The molecule has 8 aromatic heterocycles. The van der Waals surface area contributed by atoms with E-state index in [4.69, 9.17) is 28.9 Å². The Labute approximate surface area is 772 Å². The van der Waals surface area contributed by atoms with E-state index in [1.54, 1.807) is 73.1 Å². The highest BCUT2D eigenvalue weighted by Crippen LogP contribution is 2.49. The summed E-state index contributed by atoms with van der Waals surface area (Å²) in [6.45, 7) is 16.9. The van der Waals surface area contributed by atoms with Crippen molar-refractivity contribution < 1.29 is 64.5 Å². The van der Waals surface area contributed by atoms with E-state index < -0.39 is 23.6 Å². The van der Waals surface area contributed by atoms with E-state index >= 15 is 0 Å². The number of fused-ring (bicyclic) bond motifs is 8. The lowest BCUT2D eigenvalue weighted by Crippen LogP contribution is -2.19. The van der Waals surface area contributed by atoms with Crippen LogP contribution in [0.4, 0.5) is 26.3 Å². The predicted octanol–water partition coefficient (Wildman–Crippen LogP) is 26.1. The van der Waals surface area contributed by atoms with Crippen LogP contribution in [0.3, 0.4) is 0 Å². The molecule has 4 N–H and O–H groups in total. The summed E-state index contributed by atoms with van der Waals surface area (Å²) in [6.07, 6.45) is 23.9. The van der Waals surface area contributed by atoms with E-state index in [1.165, 1.54) is 61.7 Å². The number of nitrogens with zero attached hydrogens (tertiary/aromatic N) is 8. The molecule has 8 aromatic carbocycles. The number of aryl methyl sites for hydroxylation is 2. The van der Waals surface area contributed by atoms with Gasteiger partial charge < -0.3 is 38.9 Å². The first-order valence-corrected chi connectivity index (χ1v) is 46.8. The number of aromatic amines is 4. The zero-order chi connectivity index (χ0) is 93.9. The van der Waals surface area contributed by atoms with E-state index in [1.807, 2.05) is 76.5 Å². The van der Waals surface area contributed by atoms with Gasteiger partial charge in [0.15, 0.2) is 0 Å². The summed E-state index contributed by atoms with van der Waals surface area (Å²) in [7, 11) is 2.46. The number of halogens is 6. The van der Waals surface area contributed by atoms with Gasteiger partial charge >= 0.3 is 23.9 Å². The highest BCUT2D eigenvalue weighted by Gasteiger charge is 2.36. The summed E-state index contributed by atoms with van der Waals surface area (Å²) in [5.41, 5.74) is 16.1. The third-order valence-electron chi connectivity index (χ3n) is 29.1. The summed E-state index contributed by atoms with van der Waals surface area (Å²) in [4.78, 5) is 98.7. The second-order valence-corrected chi connectivity index (χ2v) is 36.8. The molecule has 26 heteroatoms. The molecule has 4 aliphatic carbocycles. The number of benzene rings is 8. The molecule has 20 rings (SSSR count). The van der Waals surface area contributed by atoms with Crippen LogP contribution in [0.5, 0.6) is 0 Å². The maximum atomic E-state index is 14.3. The Kier molecular flexibility index (Phi) is 27.8. The maximum Gasteiger partial charge on any atom is 0.343 e. The summed E-state index contributed by atoms with van der Waals surface area (Å²) in [5, 5.41) is 3.65. The second kappa shape index (κ2) is 40.3. The first-order chi connectivity index (χ1) is 64.8. The topological polar surface area (TPSA) is 271 Å². The first-order valence-electron chi connectivity index (χ1n) is 46.8. The Hall–Kier alpha value is -13.3. The van der Waals surface area contributed by atoms with Crippen molar-refractivity contribution in [3.63, 3.8) is 0 Å². The number of methoxy groups -OCH3 is 2. The highest BCUT2D eigenvalue weighted by atomic mass is 19.1. The lowest BCUT2D eigenvalue weighted by atomic mass is 9.73. The third-order valence-corrected chi connectivity index (χ3v) is 29.1. The molecule has 4 fully saturated rings. The molecule has 4 aliphatic rings. The summed E-state index contributed by atoms with van der Waals surface area (Å²) < 4.78 is 104. The van der Waals surface area contributed by atoms with Crippen LogP contribution in [0.25, 0.3) is 87.7 Å². The quantitative estimate of drug-likeness (QED) is 0.0353. The molecular formula is C108H110F6N12O8. The van der Waals surface area contributed by atoms with Crippen molar-refractivity contribution >= 4 is 112 Å². The van der Waals surface area contributed by atoms with Crippen molar-refractivity contribution in [2.75, 3.05) is 27.4 Å². The van der Waals surface area contributed by atoms with Crippen LogP contribution in [-0.4, -0.2) is 111 Å². The maximum absolute atomic E-state index is 14.3. The van der Waals surface area contributed by atoms with Gasteiger partial charge in [0.05, 0.1) is 93.7 Å². The molecule has 0 amide bonds. The number of H-pyrrole nitrogens is 4. The Morgan fingerprint density at radius 2 is 0.597 bits per heavy atom. The summed E-state index contributed by atoms with van der Waals surface area (Å²) in [5.74, 6) is 3.39. The second-order valence-electron chi connectivity index (χ2n) is 36.8. The number of esters is 4.